The van der Waals surface area contributed by atoms with Gasteiger partial charge in [0.05, 0.1) is 0 Å². The molecule has 5 heterocycles. The molecule has 680 valence electrons. The number of hydrogen-bond donors (Lipinski definition) is 0. The summed E-state index contributed by atoms with van der Waals surface area (Å²) in [5.74, 6) is 5.95. The molecule has 0 unspecified atom stereocenters. The average molecular weight is 2050 g/mol. The third kappa shape index (κ3) is 17.8. The fourth-order valence-corrected chi connectivity index (χ4v) is 26.3. The van der Waals surface area contributed by atoms with Gasteiger partial charge in [0.2, 0.25) is 0 Å². The number of nitrogens with zero attached hydrogens (tertiary/aromatic N) is 9. The summed E-state index contributed by atoms with van der Waals surface area (Å²) in [6.45, 7) is 0. The standard InChI is InChI=1S/C47H29N3Se.C43H27N3Se.C43H29N3Se/c1-4-14-30(15-5-1)35-22-12-23-38-39-24-13-25-40(44(39)51-43(35)38)42-28-33-26-27-34(29-41(33)36-20-10-11-21-37(36)42)47-49-45(31-16-6-2-7-17-31)48-46(50-47)32-18-8-3-9-19-32;1-4-13-28(14-5-1)33-20-11-22-35-36-23-12-21-34(40(36)47-39(33)35)32-26-25-29-19-10-24-37(38(29)27-32)43-45-41(30-15-6-2-7-16-30)44-42(46-43)31-17-8-3-9-18-31;47-40-38(34-19-10-18-33(26-34)29-12-4-1-5-13-29)20-11-21-39(40)35-24-22-30-23-25-36(28-37(30)27-35)43-45-41(31-14-6-2-7-15-31)44-42(46-43)32-16-8-3-9-17-32/h1-29H;1-27H;1-28,47H. The molecule has 12 heteroatoms. The summed E-state index contributed by atoms with van der Waals surface area (Å²) < 4.78 is 7.01. The van der Waals surface area contributed by atoms with Gasteiger partial charge in [0, 0.05) is 0 Å². The molecular weight excluding hydrogens is 1960 g/mol. The van der Waals surface area contributed by atoms with Crippen molar-refractivity contribution in [3.8, 4) is 180 Å². The Labute approximate surface area is 858 Å². The summed E-state index contributed by atoms with van der Waals surface area (Å²) in [6.07, 6.45) is 0. The maximum absolute atomic E-state index is 5.06. The Balaban J connectivity index is 0.000000114. The van der Waals surface area contributed by atoms with E-state index in [9.17, 15) is 0 Å². The van der Waals surface area contributed by atoms with Crippen molar-refractivity contribution >= 4 is 131 Å². The quantitative estimate of drug-likeness (QED) is 0.0689. The molecule has 0 bridgehead atoms. The number of hydrogen-bond acceptors (Lipinski definition) is 9. The molecule has 0 atom stereocenters. The SMILES string of the molecule is [SeH]c1c(-c2cccc(-c3ccccc3)c2)cccc1-c1ccc2ccc(-c3nc(-c4ccccc4)nc(-c4ccccc4)n3)cc2c1.c1ccc(-c2nc(-c3ccccc3)nc(-c3ccc4cc(-c5cccc6c5[se]c5c(-c7ccccc7)cccc56)c5ccccc5c4c3)n2)cc1.c1ccc(-c2nc(-c3ccccc3)nc(-c3cccc4ccc(-c5cccc6c5[se]c5c(-c7ccccc7)cccc56)cc34)n2)cc1. The second-order valence-corrected chi connectivity index (χ2v) is 41.1. The van der Waals surface area contributed by atoms with Crippen LogP contribution in [0.2, 0.25) is 0 Å². The van der Waals surface area contributed by atoms with Crippen molar-refractivity contribution in [1.29, 1.82) is 0 Å². The van der Waals surface area contributed by atoms with E-state index in [4.69, 9.17) is 44.9 Å². The van der Waals surface area contributed by atoms with Gasteiger partial charge in [-0.3, -0.25) is 0 Å². The zero-order chi connectivity index (χ0) is 96.5. The summed E-state index contributed by atoms with van der Waals surface area (Å²) in [5, 5.41) is 14.8. The Bertz CT molecular complexity index is 9380. The molecule has 5 aromatic heterocycles. The van der Waals surface area contributed by atoms with E-state index < -0.39 is 0 Å². The van der Waals surface area contributed by atoms with E-state index in [0.29, 0.717) is 52.4 Å². The van der Waals surface area contributed by atoms with Gasteiger partial charge in [0.1, 0.15) is 0 Å². The molecule has 9 nitrogen and oxygen atoms in total. The van der Waals surface area contributed by atoms with Crippen molar-refractivity contribution in [3.63, 3.8) is 0 Å². The summed E-state index contributed by atoms with van der Waals surface area (Å²) in [5.41, 5.74) is 26.2. The van der Waals surface area contributed by atoms with E-state index in [1.807, 2.05) is 182 Å². The molecule has 0 saturated carbocycles. The van der Waals surface area contributed by atoms with Crippen LogP contribution in [0.25, 0.3) is 262 Å². The molecule has 0 spiro atoms. The van der Waals surface area contributed by atoms with Gasteiger partial charge in [-0.05, 0) is 0 Å². The second kappa shape index (κ2) is 39.5. The van der Waals surface area contributed by atoms with Crippen LogP contribution in [-0.4, -0.2) is 89.9 Å². The van der Waals surface area contributed by atoms with Crippen molar-refractivity contribution in [2.75, 3.05) is 0 Å². The third-order valence-electron chi connectivity index (χ3n) is 26.9. The first kappa shape index (κ1) is 88.9. The summed E-state index contributed by atoms with van der Waals surface area (Å²) in [6, 6.07) is 180. The van der Waals surface area contributed by atoms with Crippen molar-refractivity contribution in [1.82, 2.24) is 44.9 Å². The Morgan fingerprint density at radius 3 is 0.834 bits per heavy atom. The first-order valence-electron chi connectivity index (χ1n) is 48.4. The van der Waals surface area contributed by atoms with Gasteiger partial charge in [0.25, 0.3) is 0 Å². The number of aromatic nitrogens is 9. The van der Waals surface area contributed by atoms with Crippen LogP contribution in [0.3, 0.4) is 0 Å². The predicted octanol–water partition coefficient (Wildman–Crippen LogP) is 32.2. The van der Waals surface area contributed by atoms with Gasteiger partial charge in [-0.2, -0.15) is 0 Å². The molecule has 0 fully saturated rings. The van der Waals surface area contributed by atoms with Crippen molar-refractivity contribution in [2.24, 2.45) is 0 Å². The van der Waals surface area contributed by atoms with Crippen LogP contribution in [0.5, 0.6) is 0 Å². The van der Waals surface area contributed by atoms with E-state index in [0.717, 1.165) is 77.2 Å². The third-order valence-corrected chi connectivity index (χ3v) is 33.3. The Morgan fingerprint density at radius 1 is 0.124 bits per heavy atom. The summed E-state index contributed by atoms with van der Waals surface area (Å²) in [4.78, 5) is 44.7. The van der Waals surface area contributed by atoms with Gasteiger partial charge in [-0.1, -0.05) is 109 Å². The predicted molar refractivity (Wildman–Crippen MR) is 607 cm³/mol. The van der Waals surface area contributed by atoms with Crippen molar-refractivity contribution in [2.45, 2.75) is 0 Å². The van der Waals surface area contributed by atoms with Crippen LogP contribution in [0.1, 0.15) is 0 Å². The fourth-order valence-electron chi connectivity index (χ4n) is 19.7. The van der Waals surface area contributed by atoms with Gasteiger partial charge in [0.15, 0.2) is 0 Å². The van der Waals surface area contributed by atoms with Crippen LogP contribution in [0.15, 0.2) is 510 Å². The fraction of sp³-hybridized carbons (Fsp3) is 0. The summed E-state index contributed by atoms with van der Waals surface area (Å²) in [7, 11) is 0. The van der Waals surface area contributed by atoms with E-state index in [-0.39, 0.29) is 29.0 Å². The van der Waals surface area contributed by atoms with E-state index >= 15 is 0 Å². The molecule has 0 aliphatic rings. The molecule has 0 radical (unpaired) electrons. The molecule has 0 N–H and O–H groups in total. The molecule has 0 amide bonds. The van der Waals surface area contributed by atoms with Gasteiger partial charge in [-0.25, -0.2) is 0 Å². The van der Waals surface area contributed by atoms with E-state index in [1.54, 1.807) is 0 Å². The Hall–Kier alpha value is -17.5. The average Bonchev–Trinajstić information content (AvgIpc) is 1.33. The Kier molecular flexibility index (Phi) is 24.2. The minimum atomic E-state index is 0.166. The van der Waals surface area contributed by atoms with Crippen molar-refractivity contribution in [3.05, 3.63) is 510 Å². The minimum absolute atomic E-state index is 0.166. The van der Waals surface area contributed by atoms with Gasteiger partial charge >= 0.3 is 757 Å². The molecule has 27 rings (SSSR count). The van der Waals surface area contributed by atoms with Gasteiger partial charge in [-0.15, -0.1) is 0 Å². The van der Waals surface area contributed by atoms with Crippen LogP contribution in [0, 0.1) is 0 Å². The molecule has 0 aliphatic carbocycles. The topological polar surface area (TPSA) is 116 Å². The second-order valence-electron chi connectivity index (χ2n) is 35.9. The van der Waals surface area contributed by atoms with Crippen LogP contribution >= 0.6 is 0 Å². The first-order chi connectivity index (χ1) is 71.8. The molecule has 22 aromatic carbocycles. The number of fused-ring (bicyclic) bond motifs is 11. The maximum atomic E-state index is 5.06. The first-order valence-corrected chi connectivity index (χ1v) is 52.8. The molecular formula is C133H85N9Se3. The number of rotatable bonds is 16. The van der Waals surface area contributed by atoms with Crippen LogP contribution < -0.4 is 4.46 Å². The zero-order valence-corrected chi connectivity index (χ0v) is 83.6. The monoisotopic (exact) mass is 2050 g/mol. The van der Waals surface area contributed by atoms with Gasteiger partial charge < -0.3 is 0 Å². The molecule has 0 aliphatic heterocycles. The molecule has 0 saturated heterocycles. The molecule has 145 heavy (non-hydrogen) atoms. The van der Waals surface area contributed by atoms with Crippen LogP contribution in [0.4, 0.5) is 0 Å². The van der Waals surface area contributed by atoms with E-state index in [1.165, 1.54) is 137 Å². The normalized spacial score (nSPS) is 11.3. The van der Waals surface area contributed by atoms with E-state index in [2.05, 4.69) is 344 Å². The zero-order valence-electron chi connectivity index (χ0n) is 78.3. The van der Waals surface area contributed by atoms with Crippen LogP contribution in [-0.2, 0) is 0 Å². The summed E-state index contributed by atoms with van der Waals surface area (Å²) >= 11 is 3.15. The van der Waals surface area contributed by atoms with Crippen molar-refractivity contribution < 1.29 is 0 Å². The number of benzene rings is 22. The Morgan fingerprint density at radius 2 is 0.393 bits per heavy atom. The molecule has 27 aromatic rings.